The number of rotatable bonds is 3. The Hall–Kier alpha value is -1.55. The zero-order chi connectivity index (χ0) is 12.4. The molecule has 2 rings (SSSR count). The Kier molecular flexibility index (Phi) is 3.33. The van der Waals surface area contributed by atoms with Crippen molar-refractivity contribution in [3.8, 4) is 0 Å². The molecule has 2 aromatic rings. The van der Waals surface area contributed by atoms with Crippen molar-refractivity contribution in [3.63, 3.8) is 0 Å². The highest BCUT2D eigenvalue weighted by Crippen LogP contribution is 2.34. The van der Waals surface area contributed by atoms with Crippen LogP contribution in [-0.4, -0.2) is 5.78 Å². The topological polar surface area (TPSA) is 30.2 Å². The van der Waals surface area contributed by atoms with Gasteiger partial charge in [-0.1, -0.05) is 17.8 Å². The third-order valence-electron chi connectivity index (χ3n) is 2.36. The molecule has 0 bridgehead atoms. The van der Waals surface area contributed by atoms with Crippen LogP contribution in [0.1, 0.15) is 23.0 Å². The van der Waals surface area contributed by atoms with E-state index in [1.54, 1.807) is 24.5 Å². The van der Waals surface area contributed by atoms with Gasteiger partial charge in [-0.15, -0.1) is 0 Å². The minimum Gasteiger partial charge on any atom is -0.468 e. The van der Waals surface area contributed by atoms with Gasteiger partial charge in [0.25, 0.3) is 0 Å². The molecule has 0 saturated heterocycles. The van der Waals surface area contributed by atoms with Crippen LogP contribution in [0.4, 0.5) is 4.39 Å². The fourth-order valence-corrected chi connectivity index (χ4v) is 2.57. The molecule has 1 aromatic heterocycles. The molecule has 4 heteroatoms. The zero-order valence-electron chi connectivity index (χ0n) is 9.49. The number of carbonyl (C=O) groups excluding carboxylic acids is 1. The largest absolute Gasteiger partial charge is 0.468 e. The molecule has 17 heavy (non-hydrogen) atoms. The summed E-state index contributed by atoms with van der Waals surface area (Å²) in [5.41, 5.74) is 0.137. The zero-order valence-corrected chi connectivity index (χ0v) is 10.3. The van der Waals surface area contributed by atoms with Crippen molar-refractivity contribution < 1.29 is 13.6 Å². The van der Waals surface area contributed by atoms with Crippen LogP contribution in [0.2, 0.25) is 0 Å². The quantitative estimate of drug-likeness (QED) is 0.769. The number of furan rings is 1. The summed E-state index contributed by atoms with van der Waals surface area (Å²) in [5, 5.41) is 0. The van der Waals surface area contributed by atoms with Gasteiger partial charge < -0.3 is 4.42 Å². The van der Waals surface area contributed by atoms with Gasteiger partial charge in [0.2, 0.25) is 0 Å². The second-order valence-corrected chi connectivity index (χ2v) is 4.70. The number of aryl methyl sites for hydroxylation is 1. The predicted octanol–water partition coefficient (Wildman–Crippen LogP) is 4.08. The van der Waals surface area contributed by atoms with Crippen molar-refractivity contribution in [1.29, 1.82) is 0 Å². The van der Waals surface area contributed by atoms with E-state index in [9.17, 15) is 9.18 Å². The number of halogens is 1. The lowest BCUT2D eigenvalue weighted by molar-refractivity contribution is 0.101. The molecule has 0 aliphatic rings. The van der Waals surface area contributed by atoms with Crippen LogP contribution in [0.25, 0.3) is 0 Å². The summed E-state index contributed by atoms with van der Waals surface area (Å²) in [6.07, 6.45) is 1.57. The van der Waals surface area contributed by atoms with Gasteiger partial charge in [0, 0.05) is 4.90 Å². The lowest BCUT2D eigenvalue weighted by Crippen LogP contribution is -1.99. The fraction of sp³-hybridized carbons (Fsp3) is 0.154. The van der Waals surface area contributed by atoms with E-state index in [-0.39, 0.29) is 11.3 Å². The highest BCUT2D eigenvalue weighted by Gasteiger charge is 2.15. The van der Waals surface area contributed by atoms with E-state index in [0.29, 0.717) is 4.90 Å². The van der Waals surface area contributed by atoms with Crippen LogP contribution in [0.15, 0.2) is 44.7 Å². The maximum absolute atomic E-state index is 13.6. The second-order valence-electron chi connectivity index (χ2n) is 3.61. The van der Waals surface area contributed by atoms with Gasteiger partial charge in [0.05, 0.1) is 16.7 Å². The summed E-state index contributed by atoms with van der Waals surface area (Å²) < 4.78 is 18.7. The van der Waals surface area contributed by atoms with Crippen LogP contribution in [-0.2, 0) is 0 Å². The highest BCUT2D eigenvalue weighted by atomic mass is 32.2. The lowest BCUT2D eigenvalue weighted by atomic mass is 10.1. The maximum Gasteiger partial charge on any atom is 0.163 e. The standard InChI is InChI=1S/C13H11FO2S/c1-8(15)13-10(14)4-3-5-12(13)17-11-6-7-16-9(11)2/h3-7H,1-2H3. The van der Waals surface area contributed by atoms with E-state index in [2.05, 4.69) is 0 Å². The van der Waals surface area contributed by atoms with Crippen molar-refractivity contribution in [2.24, 2.45) is 0 Å². The normalized spacial score (nSPS) is 10.5. The van der Waals surface area contributed by atoms with E-state index in [4.69, 9.17) is 4.42 Å². The Labute approximate surface area is 103 Å². The van der Waals surface area contributed by atoms with Crippen LogP contribution in [0.5, 0.6) is 0 Å². The molecule has 2 nitrogen and oxygen atoms in total. The van der Waals surface area contributed by atoms with Gasteiger partial charge in [-0.05, 0) is 32.0 Å². The Morgan fingerprint density at radius 2 is 2.06 bits per heavy atom. The summed E-state index contributed by atoms with van der Waals surface area (Å²) in [4.78, 5) is 12.9. The summed E-state index contributed by atoms with van der Waals surface area (Å²) in [6.45, 7) is 3.19. The van der Waals surface area contributed by atoms with Crippen LogP contribution >= 0.6 is 11.8 Å². The molecule has 0 N–H and O–H groups in total. The monoisotopic (exact) mass is 250 g/mol. The van der Waals surface area contributed by atoms with Crippen molar-refractivity contribution in [2.75, 3.05) is 0 Å². The van der Waals surface area contributed by atoms with E-state index in [0.717, 1.165) is 10.7 Å². The SMILES string of the molecule is CC(=O)c1c(F)cccc1Sc1ccoc1C. The first kappa shape index (κ1) is 11.9. The minimum atomic E-state index is -0.483. The van der Waals surface area contributed by atoms with Gasteiger partial charge in [-0.3, -0.25) is 4.79 Å². The van der Waals surface area contributed by atoms with Gasteiger partial charge >= 0.3 is 0 Å². The lowest BCUT2D eigenvalue weighted by Gasteiger charge is -2.06. The molecule has 1 heterocycles. The molecule has 0 atom stereocenters. The molecule has 0 spiro atoms. The smallest absolute Gasteiger partial charge is 0.163 e. The third-order valence-corrected chi connectivity index (χ3v) is 3.56. The predicted molar refractivity (Wildman–Crippen MR) is 64.0 cm³/mol. The summed E-state index contributed by atoms with van der Waals surface area (Å²) in [5.74, 6) is 0.00385. The van der Waals surface area contributed by atoms with E-state index < -0.39 is 5.82 Å². The Morgan fingerprint density at radius 3 is 2.65 bits per heavy atom. The summed E-state index contributed by atoms with van der Waals surface area (Å²) in [6, 6.07) is 6.42. The van der Waals surface area contributed by atoms with Crippen LogP contribution < -0.4 is 0 Å². The van der Waals surface area contributed by atoms with E-state index in [1.807, 2.05) is 6.92 Å². The van der Waals surface area contributed by atoms with Crippen molar-refractivity contribution >= 4 is 17.5 Å². The molecule has 0 fully saturated rings. The van der Waals surface area contributed by atoms with Gasteiger partial charge in [0.1, 0.15) is 11.6 Å². The van der Waals surface area contributed by atoms with Gasteiger partial charge in [-0.2, -0.15) is 0 Å². The maximum atomic E-state index is 13.6. The Morgan fingerprint density at radius 1 is 1.29 bits per heavy atom. The number of benzene rings is 1. The molecular weight excluding hydrogens is 239 g/mol. The van der Waals surface area contributed by atoms with Gasteiger partial charge in [-0.25, -0.2) is 4.39 Å². The average molecular weight is 250 g/mol. The summed E-state index contributed by atoms with van der Waals surface area (Å²) in [7, 11) is 0. The molecule has 1 aromatic carbocycles. The average Bonchev–Trinajstić information content (AvgIpc) is 2.64. The molecule has 0 aliphatic carbocycles. The molecule has 0 radical (unpaired) electrons. The third kappa shape index (κ3) is 2.42. The van der Waals surface area contributed by atoms with Crippen LogP contribution in [0.3, 0.4) is 0 Å². The number of hydrogen-bond acceptors (Lipinski definition) is 3. The first-order valence-electron chi connectivity index (χ1n) is 5.11. The number of carbonyl (C=O) groups is 1. The molecule has 0 unspecified atom stereocenters. The van der Waals surface area contributed by atoms with E-state index >= 15 is 0 Å². The fourth-order valence-electron chi connectivity index (χ4n) is 1.53. The molecule has 0 aliphatic heterocycles. The first-order chi connectivity index (χ1) is 8.09. The minimum absolute atomic E-state index is 0.137. The Bertz CT molecular complexity index is 560. The van der Waals surface area contributed by atoms with Gasteiger partial charge in [0.15, 0.2) is 5.78 Å². The first-order valence-corrected chi connectivity index (χ1v) is 5.92. The van der Waals surface area contributed by atoms with Crippen molar-refractivity contribution in [2.45, 2.75) is 23.6 Å². The summed E-state index contributed by atoms with van der Waals surface area (Å²) >= 11 is 1.34. The molecular formula is C13H11FO2S. The number of hydrogen-bond donors (Lipinski definition) is 0. The molecule has 88 valence electrons. The van der Waals surface area contributed by atoms with Crippen molar-refractivity contribution in [1.82, 2.24) is 0 Å². The highest BCUT2D eigenvalue weighted by molar-refractivity contribution is 7.99. The molecule has 0 saturated carbocycles. The van der Waals surface area contributed by atoms with Crippen molar-refractivity contribution in [3.05, 3.63) is 47.7 Å². The number of ketones is 1. The second kappa shape index (κ2) is 4.75. The number of Topliss-reactive ketones (excluding diaryl/α,β-unsaturated/α-hetero) is 1. The van der Waals surface area contributed by atoms with E-state index in [1.165, 1.54) is 24.8 Å². The van der Waals surface area contributed by atoms with Crippen LogP contribution in [0, 0.1) is 12.7 Å². The Balaban J connectivity index is 2.43. The molecule has 0 amide bonds.